The predicted octanol–water partition coefficient (Wildman–Crippen LogP) is 3.45. The summed E-state index contributed by atoms with van der Waals surface area (Å²) in [5.74, 6) is 0.370. The summed E-state index contributed by atoms with van der Waals surface area (Å²) in [5.41, 5.74) is -0.969. The van der Waals surface area contributed by atoms with Crippen LogP contribution in [-0.2, 0) is 14.2 Å². The highest BCUT2D eigenvalue weighted by Gasteiger charge is 2.36. The number of hydrogen-bond donors (Lipinski definition) is 0. The molecule has 0 N–H and O–H groups in total. The van der Waals surface area contributed by atoms with Gasteiger partial charge in [-0.25, -0.2) is 4.79 Å². The third kappa shape index (κ3) is 6.05. The fourth-order valence-corrected chi connectivity index (χ4v) is 2.61. The Bertz CT molecular complexity index is 372. The maximum Gasteiger partial charge on any atom is 0.410 e. The average Bonchev–Trinajstić information content (AvgIpc) is 2.79. The number of halogens is 1. The molecule has 0 bridgehead atoms. The van der Waals surface area contributed by atoms with Crippen LogP contribution in [0.3, 0.4) is 0 Å². The smallest absolute Gasteiger partial charge is 0.410 e. The van der Waals surface area contributed by atoms with Crippen LogP contribution in [0.25, 0.3) is 0 Å². The molecular formula is C16H30BrNO4. The molecule has 130 valence electrons. The summed E-state index contributed by atoms with van der Waals surface area (Å²) >= 11 is 3.52. The van der Waals surface area contributed by atoms with Crippen LogP contribution in [0.4, 0.5) is 4.79 Å². The number of ether oxygens (including phenoxy) is 3. The number of carbonyl (C=O) groups is 1. The molecule has 3 atom stereocenters. The van der Waals surface area contributed by atoms with E-state index in [4.69, 9.17) is 14.2 Å². The van der Waals surface area contributed by atoms with Crippen molar-refractivity contribution in [3.8, 4) is 0 Å². The lowest BCUT2D eigenvalue weighted by Gasteiger charge is -2.37. The third-order valence-corrected chi connectivity index (χ3v) is 4.76. The first-order valence-electron chi connectivity index (χ1n) is 7.89. The summed E-state index contributed by atoms with van der Waals surface area (Å²) in [6.45, 7) is 14.1. The number of nitrogens with zero attached hydrogens (tertiary/aromatic N) is 1. The molecule has 1 saturated heterocycles. The molecule has 0 aromatic rings. The van der Waals surface area contributed by atoms with Gasteiger partial charge in [0.25, 0.3) is 0 Å². The van der Waals surface area contributed by atoms with Crippen molar-refractivity contribution in [1.29, 1.82) is 0 Å². The molecule has 1 aliphatic heterocycles. The van der Waals surface area contributed by atoms with Gasteiger partial charge in [0.15, 0.2) is 0 Å². The Balaban J connectivity index is 2.69. The van der Waals surface area contributed by atoms with Crippen LogP contribution in [0, 0.1) is 5.92 Å². The first-order chi connectivity index (χ1) is 10.1. The van der Waals surface area contributed by atoms with E-state index in [0.717, 1.165) is 6.61 Å². The van der Waals surface area contributed by atoms with Crippen molar-refractivity contribution in [2.24, 2.45) is 5.92 Å². The van der Waals surface area contributed by atoms with Gasteiger partial charge < -0.3 is 19.1 Å². The summed E-state index contributed by atoms with van der Waals surface area (Å²) < 4.78 is 17.2. The van der Waals surface area contributed by atoms with Crippen molar-refractivity contribution in [1.82, 2.24) is 4.90 Å². The van der Waals surface area contributed by atoms with Gasteiger partial charge in [0.05, 0.1) is 31.5 Å². The summed E-state index contributed by atoms with van der Waals surface area (Å²) in [6, 6.07) is 0. The molecule has 1 fully saturated rings. The molecule has 6 heteroatoms. The highest BCUT2D eigenvalue weighted by Crippen LogP contribution is 2.25. The Morgan fingerprint density at radius 1 is 1.32 bits per heavy atom. The van der Waals surface area contributed by atoms with Crippen molar-refractivity contribution in [2.45, 2.75) is 58.8 Å². The fraction of sp³-hybridized carbons (Fsp3) is 0.938. The zero-order valence-corrected chi connectivity index (χ0v) is 16.2. The number of rotatable bonds is 6. The van der Waals surface area contributed by atoms with Gasteiger partial charge in [0.2, 0.25) is 0 Å². The molecular weight excluding hydrogens is 350 g/mol. The van der Waals surface area contributed by atoms with E-state index in [1.165, 1.54) is 0 Å². The lowest BCUT2D eigenvalue weighted by atomic mass is 10.1. The number of likely N-dealkylation sites (N-methyl/N-ethyl adjacent to an activating group) is 1. The van der Waals surface area contributed by atoms with Crippen LogP contribution in [0.1, 0.15) is 41.5 Å². The molecule has 0 aromatic heterocycles. The van der Waals surface area contributed by atoms with Crippen molar-refractivity contribution in [2.75, 3.05) is 31.6 Å². The van der Waals surface area contributed by atoms with Crippen LogP contribution < -0.4 is 0 Å². The van der Waals surface area contributed by atoms with Crippen LogP contribution in [0.5, 0.6) is 0 Å². The van der Waals surface area contributed by atoms with E-state index in [0.29, 0.717) is 30.9 Å². The molecule has 1 heterocycles. The van der Waals surface area contributed by atoms with Crippen LogP contribution in [0.2, 0.25) is 0 Å². The zero-order chi connectivity index (χ0) is 17.0. The molecule has 22 heavy (non-hydrogen) atoms. The second kappa shape index (κ2) is 7.97. The second-order valence-corrected chi connectivity index (χ2v) is 7.81. The van der Waals surface area contributed by atoms with Gasteiger partial charge >= 0.3 is 6.09 Å². The molecule has 5 nitrogen and oxygen atoms in total. The first-order valence-corrected chi connectivity index (χ1v) is 9.02. The largest absolute Gasteiger partial charge is 0.444 e. The minimum atomic E-state index is -0.496. The highest BCUT2D eigenvalue weighted by molar-refractivity contribution is 9.09. The SMILES string of the molecule is CCN(CC(C)(CBr)OC1COCC1C)C(=O)OC(C)(C)C. The molecule has 0 aliphatic carbocycles. The molecule has 3 unspecified atom stereocenters. The average molecular weight is 380 g/mol. The summed E-state index contributed by atoms with van der Waals surface area (Å²) in [7, 11) is 0. The number of alkyl halides is 1. The summed E-state index contributed by atoms with van der Waals surface area (Å²) in [6.07, 6.45) is -0.235. The minimum Gasteiger partial charge on any atom is -0.444 e. The maximum atomic E-state index is 12.3. The van der Waals surface area contributed by atoms with Gasteiger partial charge in [-0.3, -0.25) is 0 Å². The van der Waals surface area contributed by atoms with Gasteiger partial charge in [0.1, 0.15) is 5.60 Å². The van der Waals surface area contributed by atoms with E-state index in [9.17, 15) is 4.79 Å². The summed E-state index contributed by atoms with van der Waals surface area (Å²) in [4.78, 5) is 14.0. The highest BCUT2D eigenvalue weighted by atomic mass is 79.9. The minimum absolute atomic E-state index is 0.0693. The van der Waals surface area contributed by atoms with E-state index in [1.807, 2.05) is 34.6 Å². The van der Waals surface area contributed by atoms with Gasteiger partial charge in [-0.1, -0.05) is 22.9 Å². The Hall–Kier alpha value is -0.330. The lowest BCUT2D eigenvalue weighted by Crippen LogP contribution is -2.50. The zero-order valence-electron chi connectivity index (χ0n) is 14.6. The predicted molar refractivity (Wildman–Crippen MR) is 90.5 cm³/mol. The molecule has 0 radical (unpaired) electrons. The lowest BCUT2D eigenvalue weighted by molar-refractivity contribution is -0.0936. The normalized spacial score (nSPS) is 24.9. The molecule has 0 spiro atoms. The maximum absolute atomic E-state index is 12.3. The van der Waals surface area contributed by atoms with Crippen molar-refractivity contribution in [3.05, 3.63) is 0 Å². The molecule has 1 aliphatic rings. The van der Waals surface area contributed by atoms with E-state index in [-0.39, 0.29) is 12.2 Å². The first kappa shape index (κ1) is 19.7. The molecule has 1 rings (SSSR count). The Labute approximate surface area is 142 Å². The summed E-state index contributed by atoms with van der Waals surface area (Å²) in [5, 5.41) is 0.641. The van der Waals surface area contributed by atoms with E-state index in [2.05, 4.69) is 22.9 Å². The van der Waals surface area contributed by atoms with Crippen LogP contribution >= 0.6 is 15.9 Å². The quantitative estimate of drug-likeness (QED) is 0.663. The van der Waals surface area contributed by atoms with Crippen molar-refractivity contribution in [3.63, 3.8) is 0 Å². The Morgan fingerprint density at radius 3 is 2.36 bits per heavy atom. The monoisotopic (exact) mass is 379 g/mol. The van der Waals surface area contributed by atoms with E-state index < -0.39 is 11.2 Å². The molecule has 0 aromatic carbocycles. The van der Waals surface area contributed by atoms with E-state index >= 15 is 0 Å². The van der Waals surface area contributed by atoms with E-state index in [1.54, 1.807) is 4.90 Å². The number of amides is 1. The van der Waals surface area contributed by atoms with Gasteiger partial charge in [-0.2, -0.15) is 0 Å². The van der Waals surface area contributed by atoms with Gasteiger partial charge in [0, 0.05) is 17.8 Å². The Morgan fingerprint density at radius 2 is 1.95 bits per heavy atom. The topological polar surface area (TPSA) is 48.0 Å². The number of hydrogen-bond acceptors (Lipinski definition) is 4. The fourth-order valence-electron chi connectivity index (χ4n) is 2.30. The Kier molecular flexibility index (Phi) is 7.15. The van der Waals surface area contributed by atoms with Crippen LogP contribution in [0.15, 0.2) is 0 Å². The molecule has 0 saturated carbocycles. The second-order valence-electron chi connectivity index (χ2n) is 7.25. The van der Waals surface area contributed by atoms with Crippen molar-refractivity contribution < 1.29 is 19.0 Å². The van der Waals surface area contributed by atoms with Crippen LogP contribution in [-0.4, -0.2) is 59.9 Å². The molecule has 1 amide bonds. The standard InChI is InChI=1S/C16H30BrNO4/c1-7-18(14(19)22-15(3,4)5)11-16(6,10-17)21-13-9-20-8-12(13)2/h12-13H,7-11H2,1-6H3. The third-order valence-electron chi connectivity index (χ3n) is 3.57. The van der Waals surface area contributed by atoms with Crippen molar-refractivity contribution >= 4 is 22.0 Å². The van der Waals surface area contributed by atoms with Gasteiger partial charge in [-0.05, 0) is 34.6 Å². The van der Waals surface area contributed by atoms with Gasteiger partial charge in [-0.15, -0.1) is 0 Å². The number of carbonyl (C=O) groups excluding carboxylic acids is 1.